The first kappa shape index (κ1) is 23.8. The van der Waals surface area contributed by atoms with Crippen molar-refractivity contribution in [3.8, 4) is 0 Å². The smallest absolute Gasteiger partial charge is 0.339 e. The molecule has 0 unspecified atom stereocenters. The van der Waals surface area contributed by atoms with Crippen LogP contribution >= 0.6 is 0 Å². The standard InChI is InChI=1S/C27H38N2O4/c1-26(2)14-20-15-27(3,17-26)18-29(20)23(30)16-33-25(32)22-13-9-8-12-21(22)24(31)28(4)19-10-6-5-7-11-19/h8-9,12-13,19-20H,5-7,10-11,14-18H2,1-4H3/t20-,27-/m1/s1. The third-order valence-corrected chi connectivity index (χ3v) is 7.88. The number of benzene rings is 1. The molecule has 0 aromatic heterocycles. The van der Waals surface area contributed by atoms with E-state index in [0.717, 1.165) is 51.5 Å². The Balaban J connectivity index is 1.40. The normalized spacial score (nSPS) is 26.7. The molecule has 0 spiro atoms. The molecule has 4 rings (SSSR count). The average Bonchev–Trinajstić information content (AvgIpc) is 3.05. The van der Waals surface area contributed by atoms with Gasteiger partial charge in [0.15, 0.2) is 6.61 Å². The number of hydrogen-bond donors (Lipinski definition) is 0. The topological polar surface area (TPSA) is 66.9 Å². The van der Waals surface area contributed by atoms with Crippen molar-refractivity contribution in [2.24, 2.45) is 10.8 Å². The maximum atomic E-state index is 13.2. The molecule has 3 aliphatic rings. The number of carbonyl (C=O) groups is 3. The Morgan fingerprint density at radius 1 is 1.03 bits per heavy atom. The van der Waals surface area contributed by atoms with Crippen LogP contribution in [0.2, 0.25) is 0 Å². The second kappa shape index (κ2) is 9.11. The summed E-state index contributed by atoms with van der Waals surface area (Å²) in [6, 6.07) is 7.19. The molecule has 1 aliphatic heterocycles. The number of esters is 1. The van der Waals surface area contributed by atoms with Crippen molar-refractivity contribution in [2.75, 3.05) is 20.2 Å². The van der Waals surface area contributed by atoms with Gasteiger partial charge in [-0.1, -0.05) is 52.2 Å². The van der Waals surface area contributed by atoms with Gasteiger partial charge in [0.05, 0.1) is 11.1 Å². The van der Waals surface area contributed by atoms with Crippen LogP contribution in [0.3, 0.4) is 0 Å². The second-order valence-corrected chi connectivity index (χ2v) is 11.6. The zero-order chi connectivity index (χ0) is 23.8. The molecule has 6 nitrogen and oxygen atoms in total. The van der Waals surface area contributed by atoms with Crippen LogP contribution < -0.4 is 0 Å². The van der Waals surface area contributed by atoms with Crippen LogP contribution in [0.5, 0.6) is 0 Å². The van der Waals surface area contributed by atoms with Crippen molar-refractivity contribution < 1.29 is 19.1 Å². The van der Waals surface area contributed by atoms with Gasteiger partial charge in [-0.3, -0.25) is 9.59 Å². The first-order chi connectivity index (χ1) is 15.6. The van der Waals surface area contributed by atoms with Gasteiger partial charge in [-0.15, -0.1) is 0 Å². The predicted octanol–water partition coefficient (Wildman–Crippen LogP) is 4.68. The van der Waals surface area contributed by atoms with Gasteiger partial charge in [0.25, 0.3) is 11.8 Å². The summed E-state index contributed by atoms with van der Waals surface area (Å²) in [6.07, 6.45) is 8.55. The molecular weight excluding hydrogens is 416 g/mol. The molecule has 2 atom stereocenters. The molecular formula is C27H38N2O4. The van der Waals surface area contributed by atoms with Crippen LogP contribution in [0.25, 0.3) is 0 Å². The van der Waals surface area contributed by atoms with E-state index in [0.29, 0.717) is 5.56 Å². The van der Waals surface area contributed by atoms with Crippen LogP contribution in [0.1, 0.15) is 92.9 Å². The molecule has 2 amide bonds. The van der Waals surface area contributed by atoms with Crippen molar-refractivity contribution in [2.45, 2.75) is 84.2 Å². The van der Waals surface area contributed by atoms with E-state index in [1.54, 1.807) is 29.2 Å². The highest BCUT2D eigenvalue weighted by Crippen LogP contribution is 2.52. The molecule has 2 saturated carbocycles. The quantitative estimate of drug-likeness (QED) is 0.606. The van der Waals surface area contributed by atoms with Gasteiger partial charge in [0.2, 0.25) is 0 Å². The van der Waals surface area contributed by atoms with Crippen LogP contribution in [0, 0.1) is 10.8 Å². The van der Waals surface area contributed by atoms with Gasteiger partial charge < -0.3 is 14.5 Å². The zero-order valence-corrected chi connectivity index (χ0v) is 20.6. The van der Waals surface area contributed by atoms with Gasteiger partial charge in [0, 0.05) is 25.7 Å². The molecule has 1 heterocycles. The molecule has 2 aliphatic carbocycles. The Morgan fingerprint density at radius 3 is 2.39 bits per heavy atom. The number of likely N-dealkylation sites (tertiary alicyclic amines) is 1. The molecule has 33 heavy (non-hydrogen) atoms. The molecule has 6 heteroatoms. The number of rotatable bonds is 5. The number of nitrogens with zero attached hydrogens (tertiary/aromatic N) is 2. The van der Waals surface area contributed by atoms with Crippen LogP contribution in [-0.2, 0) is 9.53 Å². The molecule has 0 N–H and O–H groups in total. The first-order valence-electron chi connectivity index (χ1n) is 12.4. The third kappa shape index (κ3) is 5.10. The first-order valence-corrected chi connectivity index (χ1v) is 12.4. The lowest BCUT2D eigenvalue weighted by Crippen LogP contribution is -2.40. The van der Waals surface area contributed by atoms with Gasteiger partial charge in [-0.05, 0) is 55.1 Å². The summed E-state index contributed by atoms with van der Waals surface area (Å²) in [5.41, 5.74) is 0.919. The van der Waals surface area contributed by atoms with Crippen molar-refractivity contribution in [1.29, 1.82) is 0 Å². The van der Waals surface area contributed by atoms with Crippen molar-refractivity contribution in [3.63, 3.8) is 0 Å². The lowest BCUT2D eigenvalue weighted by atomic mass is 9.65. The summed E-state index contributed by atoms with van der Waals surface area (Å²) in [6.45, 7) is 7.23. The van der Waals surface area contributed by atoms with Gasteiger partial charge in [-0.25, -0.2) is 4.79 Å². The summed E-state index contributed by atoms with van der Waals surface area (Å²) in [7, 11) is 1.82. The molecule has 180 valence electrons. The van der Waals surface area contributed by atoms with Crippen molar-refractivity contribution >= 4 is 17.8 Å². The fourth-order valence-electron chi connectivity index (χ4n) is 6.71. The molecule has 0 radical (unpaired) electrons. The zero-order valence-electron chi connectivity index (χ0n) is 20.6. The molecule has 3 fully saturated rings. The maximum absolute atomic E-state index is 13.2. The summed E-state index contributed by atoms with van der Waals surface area (Å²) < 4.78 is 5.45. The van der Waals surface area contributed by atoms with E-state index in [1.165, 1.54) is 6.42 Å². The lowest BCUT2D eigenvalue weighted by molar-refractivity contribution is -0.135. The van der Waals surface area contributed by atoms with Crippen LogP contribution in [0.4, 0.5) is 0 Å². The summed E-state index contributed by atoms with van der Waals surface area (Å²) >= 11 is 0. The molecule has 1 aromatic carbocycles. The Labute approximate surface area is 197 Å². The van der Waals surface area contributed by atoms with E-state index >= 15 is 0 Å². The summed E-state index contributed by atoms with van der Waals surface area (Å²) in [5, 5.41) is 0. The largest absolute Gasteiger partial charge is 0.452 e. The highest BCUT2D eigenvalue weighted by molar-refractivity contribution is 6.05. The Hall–Kier alpha value is -2.37. The highest BCUT2D eigenvalue weighted by atomic mass is 16.5. The minimum Gasteiger partial charge on any atom is -0.452 e. The van der Waals surface area contributed by atoms with Crippen molar-refractivity contribution in [3.05, 3.63) is 35.4 Å². The number of carbonyl (C=O) groups excluding carboxylic acids is 3. The van der Waals surface area contributed by atoms with Crippen molar-refractivity contribution in [1.82, 2.24) is 9.80 Å². The lowest BCUT2D eigenvalue weighted by Gasteiger charge is -2.39. The minimum absolute atomic E-state index is 0.134. The molecule has 1 aromatic rings. The Kier molecular flexibility index (Phi) is 6.56. The van der Waals surface area contributed by atoms with Crippen LogP contribution in [-0.4, -0.2) is 59.9 Å². The molecule has 1 saturated heterocycles. The molecule has 2 bridgehead atoms. The summed E-state index contributed by atoms with van der Waals surface area (Å²) in [5.74, 6) is -0.916. The highest BCUT2D eigenvalue weighted by Gasteiger charge is 2.51. The monoisotopic (exact) mass is 454 g/mol. The fraction of sp³-hybridized carbons (Fsp3) is 0.667. The average molecular weight is 455 g/mol. The van der Waals surface area contributed by atoms with E-state index in [9.17, 15) is 14.4 Å². The van der Waals surface area contributed by atoms with Gasteiger partial charge in [-0.2, -0.15) is 0 Å². The van der Waals surface area contributed by atoms with E-state index in [1.807, 2.05) is 11.9 Å². The fourth-order valence-corrected chi connectivity index (χ4v) is 6.71. The van der Waals surface area contributed by atoms with Crippen LogP contribution in [0.15, 0.2) is 24.3 Å². The SMILES string of the molecule is CN(C(=O)c1ccccc1C(=O)OCC(=O)N1C[C@]2(C)C[C@H]1CC(C)(C)C2)C1CCCCC1. The number of hydrogen-bond acceptors (Lipinski definition) is 4. The van der Waals surface area contributed by atoms with Gasteiger partial charge >= 0.3 is 5.97 Å². The number of ether oxygens (including phenoxy) is 1. The van der Waals surface area contributed by atoms with Gasteiger partial charge in [0.1, 0.15) is 0 Å². The predicted molar refractivity (Wildman–Crippen MR) is 127 cm³/mol. The van der Waals surface area contributed by atoms with E-state index < -0.39 is 5.97 Å². The maximum Gasteiger partial charge on any atom is 0.339 e. The summed E-state index contributed by atoms with van der Waals surface area (Å²) in [4.78, 5) is 42.8. The van der Waals surface area contributed by atoms with E-state index in [-0.39, 0.29) is 46.9 Å². The Morgan fingerprint density at radius 2 is 1.70 bits per heavy atom. The van der Waals surface area contributed by atoms with E-state index in [2.05, 4.69) is 20.8 Å². The second-order valence-electron chi connectivity index (χ2n) is 11.6. The number of fused-ring (bicyclic) bond motifs is 2. The minimum atomic E-state index is -0.613. The Bertz CT molecular complexity index is 920. The number of amides is 2. The van der Waals surface area contributed by atoms with E-state index in [4.69, 9.17) is 4.74 Å². The third-order valence-electron chi connectivity index (χ3n) is 7.88.